The lowest BCUT2D eigenvalue weighted by Crippen LogP contribution is -2.10. The van der Waals surface area contributed by atoms with Gasteiger partial charge in [-0.05, 0) is 49.5 Å². The van der Waals surface area contributed by atoms with Crippen LogP contribution in [0.2, 0.25) is 0 Å². The number of rotatable bonds is 5. The number of aromatic nitrogens is 1. The average Bonchev–Trinajstić information content (AvgIpc) is 2.45. The fourth-order valence-corrected chi connectivity index (χ4v) is 2.12. The highest BCUT2D eigenvalue weighted by Gasteiger charge is 2.07. The standard InChI is InChI=1S/C17H18N2O/c1-19(2)13-14-6-5-7-15(12-14)16(9-11-20)17-8-3-4-10-18-17/h3-12H,13H2,1-2H3. The Labute approximate surface area is 119 Å². The van der Waals surface area contributed by atoms with Gasteiger partial charge in [-0.2, -0.15) is 0 Å². The first-order chi connectivity index (χ1) is 9.70. The molecule has 3 heteroatoms. The second-order valence-electron chi connectivity index (χ2n) is 4.87. The Morgan fingerprint density at radius 3 is 2.70 bits per heavy atom. The molecule has 0 atom stereocenters. The first-order valence-electron chi connectivity index (χ1n) is 6.51. The van der Waals surface area contributed by atoms with E-state index >= 15 is 0 Å². The molecule has 0 aliphatic rings. The summed E-state index contributed by atoms with van der Waals surface area (Å²) in [4.78, 5) is 17.4. The Bertz CT molecular complexity index is 603. The lowest BCUT2D eigenvalue weighted by molar-refractivity contribution is -0.104. The second kappa shape index (κ2) is 6.78. The van der Waals surface area contributed by atoms with Gasteiger partial charge in [-0.25, -0.2) is 0 Å². The molecule has 0 fully saturated rings. The van der Waals surface area contributed by atoms with Gasteiger partial charge in [0.05, 0.1) is 5.69 Å². The van der Waals surface area contributed by atoms with Crippen molar-refractivity contribution in [2.75, 3.05) is 14.1 Å². The number of hydrogen-bond acceptors (Lipinski definition) is 3. The Kier molecular flexibility index (Phi) is 4.80. The van der Waals surface area contributed by atoms with Crippen molar-refractivity contribution in [1.29, 1.82) is 0 Å². The quantitative estimate of drug-likeness (QED) is 0.616. The zero-order valence-electron chi connectivity index (χ0n) is 11.8. The molecule has 0 N–H and O–H groups in total. The topological polar surface area (TPSA) is 33.2 Å². The Hall–Kier alpha value is -2.26. The van der Waals surface area contributed by atoms with Crippen molar-refractivity contribution in [3.63, 3.8) is 0 Å². The van der Waals surface area contributed by atoms with E-state index in [0.29, 0.717) is 0 Å². The highest BCUT2D eigenvalue weighted by molar-refractivity contribution is 5.88. The van der Waals surface area contributed by atoms with Crippen molar-refractivity contribution >= 4 is 11.9 Å². The zero-order valence-corrected chi connectivity index (χ0v) is 11.8. The summed E-state index contributed by atoms with van der Waals surface area (Å²) in [7, 11) is 4.07. The number of nitrogens with zero attached hydrogens (tertiary/aromatic N) is 2. The average molecular weight is 266 g/mol. The first kappa shape index (κ1) is 14.2. The lowest BCUT2D eigenvalue weighted by atomic mass is 9.99. The van der Waals surface area contributed by atoms with Gasteiger partial charge in [0.15, 0.2) is 0 Å². The fourth-order valence-electron chi connectivity index (χ4n) is 2.12. The van der Waals surface area contributed by atoms with Crippen molar-refractivity contribution in [3.05, 3.63) is 71.6 Å². The monoisotopic (exact) mass is 266 g/mol. The zero-order chi connectivity index (χ0) is 14.4. The van der Waals surface area contributed by atoms with Gasteiger partial charge in [0.1, 0.15) is 6.29 Å². The smallest absolute Gasteiger partial charge is 0.143 e. The van der Waals surface area contributed by atoms with E-state index in [1.165, 1.54) is 5.56 Å². The maximum atomic E-state index is 10.9. The summed E-state index contributed by atoms with van der Waals surface area (Å²) in [6.45, 7) is 0.866. The molecule has 0 saturated carbocycles. The van der Waals surface area contributed by atoms with Crippen LogP contribution < -0.4 is 0 Å². The van der Waals surface area contributed by atoms with Crippen molar-refractivity contribution in [2.24, 2.45) is 0 Å². The van der Waals surface area contributed by atoms with E-state index in [0.717, 1.165) is 29.7 Å². The van der Waals surface area contributed by atoms with Crippen molar-refractivity contribution in [1.82, 2.24) is 9.88 Å². The van der Waals surface area contributed by atoms with Crippen LogP contribution in [0.15, 0.2) is 54.7 Å². The van der Waals surface area contributed by atoms with E-state index in [1.54, 1.807) is 12.3 Å². The molecule has 2 aromatic rings. The molecule has 1 aromatic carbocycles. The second-order valence-corrected chi connectivity index (χ2v) is 4.87. The van der Waals surface area contributed by atoms with Gasteiger partial charge in [-0.1, -0.05) is 24.3 Å². The van der Waals surface area contributed by atoms with Crippen molar-refractivity contribution in [3.8, 4) is 0 Å². The molecule has 102 valence electrons. The number of aldehydes is 1. The largest absolute Gasteiger partial charge is 0.305 e. The predicted molar refractivity (Wildman–Crippen MR) is 81.2 cm³/mol. The minimum Gasteiger partial charge on any atom is -0.305 e. The van der Waals surface area contributed by atoms with E-state index in [9.17, 15) is 4.79 Å². The minimum absolute atomic E-state index is 0.807. The Morgan fingerprint density at radius 1 is 1.20 bits per heavy atom. The van der Waals surface area contributed by atoms with Crippen LogP contribution in [0.1, 0.15) is 16.8 Å². The van der Waals surface area contributed by atoms with Crippen LogP contribution in [0, 0.1) is 0 Å². The van der Waals surface area contributed by atoms with Crippen LogP contribution in [0.4, 0.5) is 0 Å². The molecule has 2 rings (SSSR count). The van der Waals surface area contributed by atoms with Crippen LogP contribution >= 0.6 is 0 Å². The van der Waals surface area contributed by atoms with Gasteiger partial charge in [0.25, 0.3) is 0 Å². The normalized spacial score (nSPS) is 11.7. The summed E-state index contributed by atoms with van der Waals surface area (Å²) in [6.07, 6.45) is 4.11. The maximum Gasteiger partial charge on any atom is 0.143 e. The van der Waals surface area contributed by atoms with Crippen LogP contribution in [0.3, 0.4) is 0 Å². The number of allylic oxidation sites excluding steroid dienone is 1. The van der Waals surface area contributed by atoms with Gasteiger partial charge in [0, 0.05) is 18.3 Å². The number of hydrogen-bond donors (Lipinski definition) is 0. The van der Waals surface area contributed by atoms with Crippen molar-refractivity contribution in [2.45, 2.75) is 6.54 Å². The molecule has 0 aliphatic carbocycles. The number of carbonyl (C=O) groups is 1. The predicted octanol–water partition coefficient (Wildman–Crippen LogP) is 2.77. The van der Waals surface area contributed by atoms with Gasteiger partial charge in [0.2, 0.25) is 0 Å². The number of benzene rings is 1. The van der Waals surface area contributed by atoms with E-state index in [2.05, 4.69) is 22.0 Å². The molecule has 0 saturated heterocycles. The summed E-state index contributed by atoms with van der Waals surface area (Å²) in [6, 6.07) is 13.9. The summed E-state index contributed by atoms with van der Waals surface area (Å²) in [5.41, 5.74) is 3.87. The van der Waals surface area contributed by atoms with Crippen LogP contribution in [-0.2, 0) is 11.3 Å². The Balaban J connectivity index is 2.41. The third kappa shape index (κ3) is 3.62. The molecular weight excluding hydrogens is 248 g/mol. The molecule has 20 heavy (non-hydrogen) atoms. The summed E-state index contributed by atoms with van der Waals surface area (Å²) >= 11 is 0. The molecule has 3 nitrogen and oxygen atoms in total. The van der Waals surface area contributed by atoms with Crippen LogP contribution in [0.5, 0.6) is 0 Å². The number of pyridine rings is 1. The molecule has 0 amide bonds. The third-order valence-electron chi connectivity index (χ3n) is 2.91. The van der Waals surface area contributed by atoms with Crippen LogP contribution in [0.25, 0.3) is 5.57 Å². The van der Waals surface area contributed by atoms with E-state index in [-0.39, 0.29) is 0 Å². The van der Waals surface area contributed by atoms with E-state index in [1.807, 2.05) is 44.4 Å². The Morgan fingerprint density at radius 2 is 2.05 bits per heavy atom. The SMILES string of the molecule is CN(C)Cc1cccc(C(=CC=O)c2ccccn2)c1. The van der Waals surface area contributed by atoms with Gasteiger partial charge in [-0.3, -0.25) is 9.78 Å². The molecule has 0 spiro atoms. The van der Waals surface area contributed by atoms with Gasteiger partial charge >= 0.3 is 0 Å². The molecule has 0 bridgehead atoms. The summed E-state index contributed by atoms with van der Waals surface area (Å²) in [5, 5.41) is 0. The third-order valence-corrected chi connectivity index (χ3v) is 2.91. The van der Waals surface area contributed by atoms with Gasteiger partial charge < -0.3 is 4.90 Å². The minimum atomic E-state index is 0.807. The summed E-state index contributed by atoms with van der Waals surface area (Å²) < 4.78 is 0. The first-order valence-corrected chi connectivity index (χ1v) is 6.51. The molecule has 1 aromatic heterocycles. The van der Waals surface area contributed by atoms with Crippen LogP contribution in [-0.4, -0.2) is 30.3 Å². The van der Waals surface area contributed by atoms with Gasteiger partial charge in [-0.15, -0.1) is 0 Å². The highest BCUT2D eigenvalue weighted by Crippen LogP contribution is 2.22. The molecule has 1 heterocycles. The number of carbonyl (C=O) groups excluding carboxylic acids is 1. The summed E-state index contributed by atoms with van der Waals surface area (Å²) in [5.74, 6) is 0. The molecule has 0 unspecified atom stereocenters. The molecule has 0 aliphatic heterocycles. The van der Waals surface area contributed by atoms with E-state index < -0.39 is 0 Å². The van der Waals surface area contributed by atoms with E-state index in [4.69, 9.17) is 0 Å². The molecule has 0 radical (unpaired) electrons. The van der Waals surface area contributed by atoms with Crippen molar-refractivity contribution < 1.29 is 4.79 Å². The maximum absolute atomic E-state index is 10.9. The fraction of sp³-hybridized carbons (Fsp3) is 0.176. The molecular formula is C17H18N2O. The highest BCUT2D eigenvalue weighted by atomic mass is 16.1. The lowest BCUT2D eigenvalue weighted by Gasteiger charge is -2.12.